The summed E-state index contributed by atoms with van der Waals surface area (Å²) >= 11 is 0. The van der Waals surface area contributed by atoms with Crippen molar-refractivity contribution < 1.29 is 0 Å². The van der Waals surface area contributed by atoms with Crippen LogP contribution in [0.5, 0.6) is 0 Å². The summed E-state index contributed by atoms with van der Waals surface area (Å²) in [6.45, 7) is 7.30. The quantitative estimate of drug-likeness (QED) is 0.295. The van der Waals surface area contributed by atoms with Crippen LogP contribution in [-0.4, -0.2) is 5.71 Å². The molecule has 0 heterocycles. The summed E-state index contributed by atoms with van der Waals surface area (Å²) in [6, 6.07) is 0. The summed E-state index contributed by atoms with van der Waals surface area (Å²) in [5.41, 5.74) is 1.72. The molecule has 0 saturated heterocycles. The molecule has 2 N–H and O–H groups in total. The van der Waals surface area contributed by atoms with E-state index in [1.807, 2.05) is 13.8 Å². The molecule has 0 unspecified atom stereocenters. The number of nitrogens with zero attached hydrogens (tertiary/aromatic N) is 1. The molecule has 0 radical (unpaired) electrons. The lowest BCUT2D eigenvalue weighted by Crippen LogP contribution is -1.95. The molecule has 0 saturated carbocycles. The van der Waals surface area contributed by atoms with Crippen LogP contribution >= 0.6 is 0 Å². The second-order valence-electron chi connectivity index (χ2n) is 1.49. The van der Waals surface area contributed by atoms with E-state index in [-0.39, 0.29) is 0 Å². The van der Waals surface area contributed by atoms with Gasteiger partial charge in [0.15, 0.2) is 0 Å². The molecule has 0 fully saturated rings. The summed E-state index contributed by atoms with van der Waals surface area (Å²) in [5.74, 6) is 4.90. The molecule has 2 heteroatoms. The van der Waals surface area contributed by atoms with Crippen molar-refractivity contribution >= 4 is 5.71 Å². The van der Waals surface area contributed by atoms with Crippen LogP contribution in [0.15, 0.2) is 17.3 Å². The highest BCUT2D eigenvalue weighted by atomic mass is 15.1. The van der Waals surface area contributed by atoms with Crippen LogP contribution in [0.3, 0.4) is 0 Å². The molecule has 0 aliphatic heterocycles. The molecule has 0 aliphatic rings. The minimum absolute atomic E-state index is 0.806. The van der Waals surface area contributed by atoms with Gasteiger partial charge in [-0.1, -0.05) is 6.58 Å². The molecule has 0 atom stereocenters. The second kappa shape index (κ2) is 2.39. The molecule has 0 aromatic heterocycles. The van der Waals surface area contributed by atoms with Gasteiger partial charge in [0.2, 0.25) is 0 Å². The molecule has 40 valence electrons. The van der Waals surface area contributed by atoms with Crippen LogP contribution in [0, 0.1) is 0 Å². The van der Waals surface area contributed by atoms with E-state index in [2.05, 4.69) is 11.7 Å². The van der Waals surface area contributed by atoms with Crippen molar-refractivity contribution in [1.82, 2.24) is 0 Å². The minimum Gasteiger partial charge on any atom is -0.323 e. The average molecular weight is 98.1 g/mol. The van der Waals surface area contributed by atoms with Crippen LogP contribution in [0.1, 0.15) is 13.8 Å². The first-order chi connectivity index (χ1) is 3.18. The number of hydrogen-bond donors (Lipinski definition) is 1. The minimum atomic E-state index is 0.806. The standard InChI is InChI=1S/C5H10N2/c1-4(2)5(3)7-6/h1,6H2,2-3H3/b7-5-. The molecule has 0 aromatic carbocycles. The number of nitrogens with two attached hydrogens (primary N) is 1. The molecule has 0 aromatic rings. The zero-order chi connectivity index (χ0) is 5.86. The first-order valence-corrected chi connectivity index (χ1v) is 2.09. The lowest BCUT2D eigenvalue weighted by Gasteiger charge is -1.90. The number of allylic oxidation sites excluding steroid dienone is 1. The van der Waals surface area contributed by atoms with Gasteiger partial charge in [-0.2, -0.15) is 5.10 Å². The largest absolute Gasteiger partial charge is 0.323 e. The van der Waals surface area contributed by atoms with Crippen molar-refractivity contribution in [1.29, 1.82) is 0 Å². The van der Waals surface area contributed by atoms with Crippen LogP contribution < -0.4 is 5.84 Å². The van der Waals surface area contributed by atoms with Crippen molar-refractivity contribution in [3.8, 4) is 0 Å². The Hall–Kier alpha value is -0.790. The molecule has 0 aliphatic carbocycles. The number of hydrazone groups is 1. The SMILES string of the molecule is C=C(C)/C(C)=N\N. The van der Waals surface area contributed by atoms with E-state index in [0.29, 0.717) is 0 Å². The van der Waals surface area contributed by atoms with Gasteiger partial charge in [-0.3, -0.25) is 0 Å². The van der Waals surface area contributed by atoms with Gasteiger partial charge >= 0.3 is 0 Å². The highest BCUT2D eigenvalue weighted by Gasteiger charge is 1.84. The van der Waals surface area contributed by atoms with Crippen molar-refractivity contribution in [3.63, 3.8) is 0 Å². The van der Waals surface area contributed by atoms with E-state index in [1.54, 1.807) is 0 Å². The first-order valence-electron chi connectivity index (χ1n) is 2.09. The van der Waals surface area contributed by atoms with Gasteiger partial charge in [0, 0.05) is 0 Å². The van der Waals surface area contributed by atoms with E-state index < -0.39 is 0 Å². The Morgan fingerprint density at radius 2 is 2.00 bits per heavy atom. The normalized spacial score (nSPS) is 11.4. The maximum atomic E-state index is 4.90. The molecular weight excluding hydrogens is 88.1 g/mol. The summed E-state index contributed by atoms with van der Waals surface area (Å²) < 4.78 is 0. The van der Waals surface area contributed by atoms with Gasteiger partial charge in [0.05, 0.1) is 5.71 Å². The Labute approximate surface area is 43.7 Å². The molecule has 0 bridgehead atoms. The Bertz CT molecular complexity index is 103. The molecule has 7 heavy (non-hydrogen) atoms. The lowest BCUT2D eigenvalue weighted by molar-refractivity contribution is 1.23. The van der Waals surface area contributed by atoms with Crippen LogP contribution in [0.2, 0.25) is 0 Å². The van der Waals surface area contributed by atoms with E-state index in [0.717, 1.165) is 11.3 Å². The monoisotopic (exact) mass is 98.1 g/mol. The number of rotatable bonds is 1. The predicted octanol–water partition coefficient (Wildman–Crippen LogP) is 0.897. The average Bonchev–Trinajstić information content (AvgIpc) is 1.65. The Balaban J connectivity index is 3.82. The van der Waals surface area contributed by atoms with E-state index in [4.69, 9.17) is 5.84 Å². The van der Waals surface area contributed by atoms with E-state index >= 15 is 0 Å². The Morgan fingerprint density at radius 3 is 2.00 bits per heavy atom. The zero-order valence-electron chi connectivity index (χ0n) is 4.73. The molecular formula is C5H10N2. The summed E-state index contributed by atoms with van der Waals surface area (Å²) in [7, 11) is 0. The Kier molecular flexibility index (Phi) is 2.12. The third-order valence-corrected chi connectivity index (χ3v) is 0.811. The zero-order valence-corrected chi connectivity index (χ0v) is 4.73. The summed E-state index contributed by atoms with van der Waals surface area (Å²) in [4.78, 5) is 0. The van der Waals surface area contributed by atoms with Gasteiger partial charge < -0.3 is 5.84 Å². The molecule has 0 amide bonds. The fraction of sp³-hybridized carbons (Fsp3) is 0.400. The summed E-state index contributed by atoms with van der Waals surface area (Å²) in [5, 5.41) is 3.41. The molecule has 2 nitrogen and oxygen atoms in total. The lowest BCUT2D eigenvalue weighted by atomic mass is 10.2. The van der Waals surface area contributed by atoms with Crippen molar-refractivity contribution in [2.45, 2.75) is 13.8 Å². The molecule has 0 rings (SSSR count). The summed E-state index contributed by atoms with van der Waals surface area (Å²) in [6.07, 6.45) is 0. The van der Waals surface area contributed by atoms with Crippen molar-refractivity contribution in [3.05, 3.63) is 12.2 Å². The highest BCUT2D eigenvalue weighted by molar-refractivity contribution is 5.96. The van der Waals surface area contributed by atoms with Gasteiger partial charge in [0.25, 0.3) is 0 Å². The second-order valence-corrected chi connectivity index (χ2v) is 1.49. The van der Waals surface area contributed by atoms with Crippen molar-refractivity contribution in [2.24, 2.45) is 10.9 Å². The Morgan fingerprint density at radius 1 is 1.57 bits per heavy atom. The maximum Gasteiger partial charge on any atom is 0.0592 e. The fourth-order valence-electron chi connectivity index (χ4n) is 0.110. The van der Waals surface area contributed by atoms with Crippen molar-refractivity contribution in [2.75, 3.05) is 0 Å². The van der Waals surface area contributed by atoms with Gasteiger partial charge in [-0.05, 0) is 19.4 Å². The van der Waals surface area contributed by atoms with Crippen LogP contribution in [-0.2, 0) is 0 Å². The van der Waals surface area contributed by atoms with E-state index in [1.165, 1.54) is 0 Å². The van der Waals surface area contributed by atoms with Gasteiger partial charge in [-0.15, -0.1) is 0 Å². The van der Waals surface area contributed by atoms with E-state index in [9.17, 15) is 0 Å². The molecule has 0 spiro atoms. The third-order valence-electron chi connectivity index (χ3n) is 0.811. The fourth-order valence-corrected chi connectivity index (χ4v) is 0.110. The van der Waals surface area contributed by atoms with Gasteiger partial charge in [-0.25, -0.2) is 0 Å². The van der Waals surface area contributed by atoms with Crippen LogP contribution in [0.25, 0.3) is 0 Å². The topological polar surface area (TPSA) is 38.4 Å². The number of hydrogen-bond acceptors (Lipinski definition) is 2. The maximum absolute atomic E-state index is 4.90. The third kappa shape index (κ3) is 1.98. The first kappa shape index (κ1) is 6.21. The van der Waals surface area contributed by atoms with Crippen LogP contribution in [0.4, 0.5) is 0 Å². The van der Waals surface area contributed by atoms with Gasteiger partial charge in [0.1, 0.15) is 0 Å². The highest BCUT2D eigenvalue weighted by Crippen LogP contribution is 1.87. The predicted molar refractivity (Wildman–Crippen MR) is 32.1 cm³/mol. The smallest absolute Gasteiger partial charge is 0.0592 e.